The van der Waals surface area contributed by atoms with Crippen LogP contribution in [0.5, 0.6) is 17.2 Å². The van der Waals surface area contributed by atoms with Gasteiger partial charge in [-0.15, -0.1) is 0 Å². The van der Waals surface area contributed by atoms with Gasteiger partial charge >= 0.3 is 6.61 Å². The van der Waals surface area contributed by atoms with Gasteiger partial charge in [0.2, 0.25) is 11.5 Å². The first-order valence-corrected chi connectivity index (χ1v) is 11.5. The molecule has 0 spiro atoms. The van der Waals surface area contributed by atoms with E-state index in [2.05, 4.69) is 9.64 Å². The van der Waals surface area contributed by atoms with Gasteiger partial charge in [0.15, 0.2) is 17.6 Å². The van der Waals surface area contributed by atoms with Crippen molar-refractivity contribution in [1.82, 2.24) is 0 Å². The fourth-order valence-electron chi connectivity index (χ4n) is 4.32. The fraction of sp³-hybridized carbons (Fsp3) is 0.423. The molecule has 0 aliphatic carbocycles. The van der Waals surface area contributed by atoms with Gasteiger partial charge in [0.1, 0.15) is 11.9 Å². The first-order chi connectivity index (χ1) is 17.4. The van der Waals surface area contributed by atoms with Crippen molar-refractivity contribution >= 4 is 17.2 Å². The molecule has 4 rings (SSSR count). The zero-order valence-electron chi connectivity index (χ0n) is 20.4. The molecule has 0 radical (unpaired) electrons. The number of benzene rings is 2. The number of halogens is 2. The van der Waals surface area contributed by atoms with Crippen LogP contribution in [-0.2, 0) is 19.0 Å². The monoisotopic (exact) mass is 505 g/mol. The summed E-state index contributed by atoms with van der Waals surface area (Å²) in [6.07, 6.45) is 0.531. The number of Topliss-reactive ketones (excluding diaryl/α,β-unsaturated/α-hetero) is 1. The predicted molar refractivity (Wildman–Crippen MR) is 128 cm³/mol. The number of alkyl halides is 2. The van der Waals surface area contributed by atoms with Crippen LogP contribution in [0.1, 0.15) is 23.7 Å². The van der Waals surface area contributed by atoms with E-state index in [1.807, 2.05) is 24.3 Å². The molecule has 2 atom stereocenters. The van der Waals surface area contributed by atoms with Crippen LogP contribution < -0.4 is 19.1 Å². The summed E-state index contributed by atoms with van der Waals surface area (Å²) < 4.78 is 57.6. The Hall–Kier alpha value is -3.37. The lowest BCUT2D eigenvalue weighted by atomic mass is 10.00. The Kier molecular flexibility index (Phi) is 8.27. The van der Waals surface area contributed by atoms with Gasteiger partial charge < -0.3 is 33.3 Å². The summed E-state index contributed by atoms with van der Waals surface area (Å²) in [6, 6.07) is 10.7. The normalized spacial score (nSPS) is 18.4. The fourth-order valence-corrected chi connectivity index (χ4v) is 4.32. The minimum Gasteiger partial charge on any atom is -0.493 e. The Morgan fingerprint density at radius 1 is 1.03 bits per heavy atom. The Bertz CT molecular complexity index is 1060. The molecule has 2 aliphatic heterocycles. The van der Waals surface area contributed by atoms with E-state index < -0.39 is 18.8 Å². The molecule has 194 valence electrons. The van der Waals surface area contributed by atoms with E-state index >= 15 is 0 Å². The van der Waals surface area contributed by atoms with E-state index in [1.165, 1.54) is 33.5 Å². The summed E-state index contributed by atoms with van der Waals surface area (Å²) in [6.45, 7) is -0.0247. The van der Waals surface area contributed by atoms with Gasteiger partial charge in [-0.3, -0.25) is 4.79 Å². The second-order valence-corrected chi connectivity index (χ2v) is 8.21. The van der Waals surface area contributed by atoms with Crippen molar-refractivity contribution in [3.05, 3.63) is 53.6 Å². The van der Waals surface area contributed by atoms with Gasteiger partial charge in [0, 0.05) is 37.9 Å². The van der Waals surface area contributed by atoms with Gasteiger partial charge in [-0.2, -0.15) is 8.78 Å². The van der Waals surface area contributed by atoms with Crippen LogP contribution in [0, 0.1) is 0 Å². The van der Waals surface area contributed by atoms with Gasteiger partial charge in [-0.05, 0) is 35.9 Å². The van der Waals surface area contributed by atoms with E-state index in [0.717, 1.165) is 24.3 Å². The second kappa shape index (κ2) is 11.6. The summed E-state index contributed by atoms with van der Waals surface area (Å²) in [5.74, 6) is 0.0774. The number of ketones is 1. The average molecular weight is 506 g/mol. The van der Waals surface area contributed by atoms with Crippen LogP contribution in [-0.4, -0.2) is 66.1 Å². The highest BCUT2D eigenvalue weighted by Gasteiger charge is 2.34. The SMILES string of the molecule is COc1cc(C2=CCC(C(=O)C(OC)c3ccc(N4CCOCC4)cc3)O2)cc(OC)c1OC(F)F. The summed E-state index contributed by atoms with van der Waals surface area (Å²) in [7, 11) is 4.15. The number of anilines is 1. The van der Waals surface area contributed by atoms with Gasteiger partial charge in [0.25, 0.3) is 0 Å². The Labute approximate surface area is 208 Å². The number of hydrogen-bond acceptors (Lipinski definition) is 8. The van der Waals surface area contributed by atoms with E-state index in [-0.39, 0.29) is 23.0 Å². The highest BCUT2D eigenvalue weighted by Crippen LogP contribution is 2.42. The smallest absolute Gasteiger partial charge is 0.387 e. The molecule has 2 heterocycles. The van der Waals surface area contributed by atoms with Crippen molar-refractivity contribution in [2.75, 3.05) is 52.5 Å². The highest BCUT2D eigenvalue weighted by atomic mass is 19.3. The van der Waals surface area contributed by atoms with Crippen molar-refractivity contribution in [3.8, 4) is 17.2 Å². The van der Waals surface area contributed by atoms with E-state index in [0.29, 0.717) is 31.0 Å². The molecule has 2 aromatic carbocycles. The van der Waals surface area contributed by atoms with Crippen LogP contribution in [0.3, 0.4) is 0 Å². The molecule has 1 fully saturated rings. The van der Waals surface area contributed by atoms with Crippen LogP contribution in [0.15, 0.2) is 42.5 Å². The van der Waals surface area contributed by atoms with Crippen molar-refractivity contribution in [3.63, 3.8) is 0 Å². The number of morpholine rings is 1. The number of carbonyl (C=O) groups excluding carboxylic acids is 1. The molecule has 2 aromatic rings. The summed E-state index contributed by atoms with van der Waals surface area (Å²) in [4.78, 5) is 15.5. The largest absolute Gasteiger partial charge is 0.493 e. The number of methoxy groups -OCH3 is 3. The van der Waals surface area contributed by atoms with E-state index in [9.17, 15) is 13.6 Å². The first-order valence-electron chi connectivity index (χ1n) is 11.5. The standard InChI is InChI=1S/C26H29F2NO7/c1-31-21-14-17(15-22(32-2)25(21)36-26(27)28)19-8-9-20(35-19)23(30)24(33-3)16-4-6-18(7-5-16)29-10-12-34-13-11-29/h4-8,14-15,20,24,26H,9-13H2,1-3H3. The third-order valence-electron chi connectivity index (χ3n) is 6.12. The maximum atomic E-state index is 13.3. The third-order valence-corrected chi connectivity index (χ3v) is 6.12. The molecule has 2 aliphatic rings. The van der Waals surface area contributed by atoms with Crippen molar-refractivity contribution in [2.45, 2.75) is 25.2 Å². The second-order valence-electron chi connectivity index (χ2n) is 8.21. The minimum atomic E-state index is -3.04. The summed E-state index contributed by atoms with van der Waals surface area (Å²) in [5, 5.41) is 0. The summed E-state index contributed by atoms with van der Waals surface area (Å²) >= 11 is 0. The van der Waals surface area contributed by atoms with Crippen LogP contribution in [0.25, 0.3) is 5.76 Å². The van der Waals surface area contributed by atoms with E-state index in [1.54, 1.807) is 6.08 Å². The minimum absolute atomic E-state index is 0.0547. The van der Waals surface area contributed by atoms with Crippen LogP contribution in [0.4, 0.5) is 14.5 Å². The van der Waals surface area contributed by atoms with Gasteiger partial charge in [-0.25, -0.2) is 0 Å². The molecule has 1 saturated heterocycles. The molecule has 0 N–H and O–H groups in total. The molecular weight excluding hydrogens is 476 g/mol. The van der Waals surface area contributed by atoms with E-state index in [4.69, 9.17) is 23.7 Å². The molecule has 2 unspecified atom stereocenters. The number of nitrogens with zero attached hydrogens (tertiary/aromatic N) is 1. The molecule has 0 bridgehead atoms. The number of carbonyl (C=O) groups is 1. The van der Waals surface area contributed by atoms with Gasteiger partial charge in [0.05, 0.1) is 27.4 Å². The molecule has 0 amide bonds. The molecule has 36 heavy (non-hydrogen) atoms. The zero-order valence-corrected chi connectivity index (χ0v) is 20.4. The summed E-state index contributed by atoms with van der Waals surface area (Å²) in [5.41, 5.74) is 2.30. The van der Waals surface area contributed by atoms with Gasteiger partial charge in [-0.1, -0.05) is 12.1 Å². The average Bonchev–Trinajstić information content (AvgIpc) is 3.40. The number of rotatable bonds is 10. The lowest BCUT2D eigenvalue weighted by Gasteiger charge is -2.29. The lowest BCUT2D eigenvalue weighted by molar-refractivity contribution is -0.136. The topological polar surface area (TPSA) is 75.7 Å². The molecule has 0 saturated carbocycles. The zero-order chi connectivity index (χ0) is 25.7. The third kappa shape index (κ3) is 5.55. The van der Waals surface area contributed by atoms with Crippen molar-refractivity contribution in [2.24, 2.45) is 0 Å². The van der Waals surface area contributed by atoms with Crippen LogP contribution >= 0.6 is 0 Å². The van der Waals surface area contributed by atoms with Crippen molar-refractivity contribution < 1.29 is 42.0 Å². The molecule has 10 heteroatoms. The van der Waals surface area contributed by atoms with Crippen molar-refractivity contribution in [1.29, 1.82) is 0 Å². The quantitative estimate of drug-likeness (QED) is 0.475. The molecule has 8 nitrogen and oxygen atoms in total. The first kappa shape index (κ1) is 25.7. The Balaban J connectivity index is 1.47. The Morgan fingerprint density at radius 3 is 2.22 bits per heavy atom. The highest BCUT2D eigenvalue weighted by molar-refractivity contribution is 5.90. The van der Waals surface area contributed by atoms with Crippen LogP contribution in [0.2, 0.25) is 0 Å². The predicted octanol–water partition coefficient (Wildman–Crippen LogP) is 4.23. The lowest BCUT2D eigenvalue weighted by Crippen LogP contribution is -2.36. The Morgan fingerprint density at radius 2 is 1.67 bits per heavy atom. The molecular formula is C26H29F2NO7. The number of hydrogen-bond donors (Lipinski definition) is 0. The molecule has 0 aromatic heterocycles. The maximum absolute atomic E-state index is 13.3. The maximum Gasteiger partial charge on any atom is 0.387 e. The number of ether oxygens (including phenoxy) is 6.